The van der Waals surface area contributed by atoms with Gasteiger partial charge >= 0.3 is 0 Å². The summed E-state index contributed by atoms with van der Waals surface area (Å²) in [5.41, 5.74) is 5.65. The van der Waals surface area contributed by atoms with Crippen molar-refractivity contribution in [3.63, 3.8) is 0 Å². The van der Waals surface area contributed by atoms with Gasteiger partial charge < -0.3 is 10.5 Å². The molecule has 0 aliphatic heterocycles. The van der Waals surface area contributed by atoms with Gasteiger partial charge in [0.25, 0.3) is 0 Å². The third-order valence-electron chi connectivity index (χ3n) is 3.51. The molecule has 0 radical (unpaired) electrons. The number of hydrogen-bond acceptors (Lipinski definition) is 2. The van der Waals surface area contributed by atoms with Gasteiger partial charge in [0.1, 0.15) is 0 Å². The minimum Gasteiger partial charge on any atom is -0.375 e. The number of ether oxygens (including phenoxy) is 1. The van der Waals surface area contributed by atoms with Gasteiger partial charge in [-0.25, -0.2) is 0 Å². The van der Waals surface area contributed by atoms with E-state index in [1.54, 1.807) is 0 Å². The Morgan fingerprint density at radius 3 is 2.38 bits per heavy atom. The second-order valence-electron chi connectivity index (χ2n) is 4.58. The van der Waals surface area contributed by atoms with E-state index < -0.39 is 0 Å². The molecule has 2 rings (SSSR count). The molecule has 76 valence electrons. The van der Waals surface area contributed by atoms with E-state index in [2.05, 4.69) is 0 Å². The van der Waals surface area contributed by atoms with Crippen molar-refractivity contribution in [1.29, 1.82) is 0 Å². The molecule has 2 aliphatic carbocycles. The Morgan fingerprint density at radius 1 is 1.00 bits per heavy atom. The summed E-state index contributed by atoms with van der Waals surface area (Å²) < 4.78 is 6.05. The van der Waals surface area contributed by atoms with E-state index >= 15 is 0 Å². The van der Waals surface area contributed by atoms with Gasteiger partial charge in [-0.1, -0.05) is 12.8 Å². The summed E-state index contributed by atoms with van der Waals surface area (Å²) in [5.74, 6) is 0.742. The van der Waals surface area contributed by atoms with Crippen LogP contribution in [0.25, 0.3) is 0 Å². The fourth-order valence-electron chi connectivity index (χ4n) is 2.66. The second kappa shape index (κ2) is 4.43. The first kappa shape index (κ1) is 9.47. The quantitative estimate of drug-likeness (QED) is 0.727. The molecule has 2 heteroatoms. The Balaban J connectivity index is 1.70. The topological polar surface area (TPSA) is 35.2 Å². The zero-order chi connectivity index (χ0) is 9.10. The molecular weight excluding hydrogens is 162 g/mol. The summed E-state index contributed by atoms with van der Waals surface area (Å²) in [6, 6.07) is 0. The van der Waals surface area contributed by atoms with Gasteiger partial charge in [0.05, 0.1) is 12.2 Å². The zero-order valence-electron chi connectivity index (χ0n) is 8.37. The van der Waals surface area contributed by atoms with Gasteiger partial charge in [-0.15, -0.1) is 0 Å². The Morgan fingerprint density at radius 2 is 1.77 bits per heavy atom. The van der Waals surface area contributed by atoms with Crippen molar-refractivity contribution in [2.45, 2.75) is 57.2 Å². The molecule has 13 heavy (non-hydrogen) atoms. The van der Waals surface area contributed by atoms with Crippen molar-refractivity contribution in [2.24, 2.45) is 11.7 Å². The maximum atomic E-state index is 6.05. The van der Waals surface area contributed by atoms with Crippen molar-refractivity contribution in [3.8, 4) is 0 Å². The number of rotatable bonds is 3. The monoisotopic (exact) mass is 183 g/mol. The van der Waals surface area contributed by atoms with Crippen LogP contribution in [0.5, 0.6) is 0 Å². The van der Waals surface area contributed by atoms with E-state index in [-0.39, 0.29) is 0 Å². The second-order valence-corrected chi connectivity index (χ2v) is 4.58. The molecule has 0 spiro atoms. The summed E-state index contributed by atoms with van der Waals surface area (Å²) in [5, 5.41) is 0. The Kier molecular flexibility index (Phi) is 3.23. The largest absolute Gasteiger partial charge is 0.375 e. The Bertz CT molecular complexity index is 154. The molecule has 0 amide bonds. The van der Waals surface area contributed by atoms with Crippen LogP contribution in [0.15, 0.2) is 0 Å². The lowest BCUT2D eigenvalue weighted by Crippen LogP contribution is -2.18. The Hall–Kier alpha value is -0.0800. The lowest BCUT2D eigenvalue weighted by Gasteiger charge is -2.17. The molecule has 0 heterocycles. The van der Waals surface area contributed by atoms with Crippen molar-refractivity contribution < 1.29 is 4.74 Å². The molecule has 2 atom stereocenters. The highest BCUT2D eigenvalue weighted by Gasteiger charge is 2.27. The zero-order valence-corrected chi connectivity index (χ0v) is 8.37. The average Bonchev–Trinajstić information content (AvgIpc) is 2.76. The summed E-state index contributed by atoms with van der Waals surface area (Å²) in [6.07, 6.45) is 10.2. The summed E-state index contributed by atoms with van der Waals surface area (Å²) in [6.45, 7) is 0.852. The lowest BCUT2D eigenvalue weighted by atomic mass is 10.1. The van der Waals surface area contributed by atoms with Crippen LogP contribution < -0.4 is 5.73 Å². The first-order valence-electron chi connectivity index (χ1n) is 5.74. The fraction of sp³-hybridized carbons (Fsp3) is 1.00. The van der Waals surface area contributed by atoms with Gasteiger partial charge in [0, 0.05) is 0 Å². The predicted molar refractivity (Wildman–Crippen MR) is 53.5 cm³/mol. The van der Waals surface area contributed by atoms with E-state index in [0.717, 1.165) is 12.5 Å². The normalized spacial score (nSPS) is 35.8. The molecule has 0 saturated heterocycles. The average molecular weight is 183 g/mol. The Labute approximate surface area is 80.8 Å². The lowest BCUT2D eigenvalue weighted by molar-refractivity contribution is -0.00542. The molecule has 2 fully saturated rings. The number of hydrogen-bond donors (Lipinski definition) is 1. The minimum absolute atomic E-state index is 0.539. The van der Waals surface area contributed by atoms with Crippen molar-refractivity contribution in [1.82, 2.24) is 0 Å². The maximum absolute atomic E-state index is 6.05. The van der Waals surface area contributed by atoms with Crippen molar-refractivity contribution in [3.05, 3.63) is 0 Å². The van der Waals surface area contributed by atoms with Crippen LogP contribution in [0.2, 0.25) is 0 Å². The van der Waals surface area contributed by atoms with Crippen LogP contribution >= 0.6 is 0 Å². The molecule has 2 N–H and O–H groups in total. The molecule has 0 bridgehead atoms. The molecule has 2 aliphatic rings. The summed E-state index contributed by atoms with van der Waals surface area (Å²) in [7, 11) is 0. The van der Waals surface area contributed by atoms with Crippen LogP contribution in [-0.4, -0.2) is 18.8 Å². The van der Waals surface area contributed by atoms with E-state index in [4.69, 9.17) is 10.5 Å². The first-order valence-corrected chi connectivity index (χ1v) is 5.74. The molecule has 0 aromatic heterocycles. The highest BCUT2D eigenvalue weighted by atomic mass is 16.5. The van der Waals surface area contributed by atoms with E-state index in [9.17, 15) is 0 Å². The van der Waals surface area contributed by atoms with E-state index in [1.165, 1.54) is 44.9 Å². The smallest absolute Gasteiger partial charge is 0.0582 e. The van der Waals surface area contributed by atoms with Crippen LogP contribution in [0.3, 0.4) is 0 Å². The van der Waals surface area contributed by atoms with Crippen LogP contribution in [-0.2, 0) is 4.74 Å². The van der Waals surface area contributed by atoms with Crippen LogP contribution in [0.4, 0.5) is 0 Å². The standard InChI is InChI=1S/C11H21NO/c12-8-9-5-6-11(7-9)13-10-3-1-2-4-10/h9-11H,1-8,12H2. The fourth-order valence-corrected chi connectivity index (χ4v) is 2.66. The third-order valence-corrected chi connectivity index (χ3v) is 3.51. The van der Waals surface area contributed by atoms with Gasteiger partial charge in [-0.05, 0) is 44.6 Å². The highest BCUT2D eigenvalue weighted by Crippen LogP contribution is 2.31. The third kappa shape index (κ3) is 2.44. The van der Waals surface area contributed by atoms with E-state index in [0.29, 0.717) is 12.2 Å². The molecule has 2 saturated carbocycles. The SMILES string of the molecule is NCC1CCC(OC2CCCC2)C1. The van der Waals surface area contributed by atoms with Crippen molar-refractivity contribution >= 4 is 0 Å². The van der Waals surface area contributed by atoms with Gasteiger partial charge in [-0.2, -0.15) is 0 Å². The van der Waals surface area contributed by atoms with Crippen molar-refractivity contribution in [2.75, 3.05) is 6.54 Å². The maximum Gasteiger partial charge on any atom is 0.0582 e. The van der Waals surface area contributed by atoms with Crippen LogP contribution in [0.1, 0.15) is 44.9 Å². The van der Waals surface area contributed by atoms with Gasteiger partial charge in [0.2, 0.25) is 0 Å². The van der Waals surface area contributed by atoms with Gasteiger partial charge in [-0.3, -0.25) is 0 Å². The molecule has 0 aromatic carbocycles. The summed E-state index contributed by atoms with van der Waals surface area (Å²) >= 11 is 0. The molecular formula is C11H21NO. The molecule has 0 aromatic rings. The minimum atomic E-state index is 0.539. The molecule has 2 unspecified atom stereocenters. The predicted octanol–water partition coefficient (Wildman–Crippen LogP) is 2.07. The molecule has 2 nitrogen and oxygen atoms in total. The number of nitrogens with two attached hydrogens (primary N) is 1. The highest BCUT2D eigenvalue weighted by molar-refractivity contribution is 4.78. The van der Waals surface area contributed by atoms with E-state index in [1.807, 2.05) is 0 Å². The first-order chi connectivity index (χ1) is 6.38. The van der Waals surface area contributed by atoms with Crippen LogP contribution in [0, 0.1) is 5.92 Å². The van der Waals surface area contributed by atoms with Gasteiger partial charge in [0.15, 0.2) is 0 Å². The summed E-state index contributed by atoms with van der Waals surface area (Å²) in [4.78, 5) is 0.